The van der Waals surface area contributed by atoms with Crippen molar-refractivity contribution in [2.75, 3.05) is 39.5 Å². The molecule has 1 N–H and O–H groups in total. The van der Waals surface area contributed by atoms with Crippen LogP contribution in [0.3, 0.4) is 0 Å². The van der Waals surface area contributed by atoms with Gasteiger partial charge in [-0.05, 0) is 77.0 Å². The van der Waals surface area contributed by atoms with E-state index in [2.05, 4.69) is 67.8 Å². The minimum absolute atomic E-state index is 0.616. The monoisotopic (exact) mass is 628 g/mol. The highest BCUT2D eigenvalue weighted by Gasteiger charge is 2.27. The fourth-order valence-corrected chi connectivity index (χ4v) is 6.03. The van der Waals surface area contributed by atoms with Gasteiger partial charge < -0.3 is 14.8 Å². The van der Waals surface area contributed by atoms with Crippen molar-refractivity contribution in [1.29, 1.82) is 0 Å². The molecule has 0 saturated carbocycles. The lowest BCUT2D eigenvalue weighted by atomic mass is 9.98. The average Bonchev–Trinajstić information content (AvgIpc) is 3.50. The topological polar surface area (TPSA) is 30.5 Å². The van der Waals surface area contributed by atoms with Crippen molar-refractivity contribution in [3.63, 3.8) is 0 Å². The number of hydrogen-bond donors (Lipinski definition) is 1. The summed E-state index contributed by atoms with van der Waals surface area (Å²) < 4.78 is 12.2. The van der Waals surface area contributed by atoms with E-state index in [1.807, 2.05) is 0 Å². The Morgan fingerprint density at radius 1 is 0.422 bits per heavy atom. The first-order chi connectivity index (χ1) is 22.4. The summed E-state index contributed by atoms with van der Waals surface area (Å²) in [4.78, 5) is 0. The van der Waals surface area contributed by atoms with Crippen molar-refractivity contribution in [3.05, 3.63) is 48.6 Å². The first kappa shape index (κ1) is 41.9. The molecule has 0 aromatic rings. The van der Waals surface area contributed by atoms with Crippen molar-refractivity contribution < 1.29 is 9.47 Å². The highest BCUT2D eigenvalue weighted by atomic mass is 16.5. The number of allylic oxidation sites excluding steroid dienone is 8. The van der Waals surface area contributed by atoms with Crippen LogP contribution in [0.25, 0.3) is 0 Å². The van der Waals surface area contributed by atoms with Crippen LogP contribution in [0.5, 0.6) is 0 Å². The summed E-state index contributed by atoms with van der Waals surface area (Å²) in [5.41, 5.74) is 0. The third-order valence-corrected chi connectivity index (χ3v) is 9.12. The predicted molar refractivity (Wildman–Crippen MR) is 200 cm³/mol. The Kier molecular flexibility index (Phi) is 33.2. The molecule has 0 spiro atoms. The van der Waals surface area contributed by atoms with Crippen LogP contribution in [0.2, 0.25) is 0 Å². The van der Waals surface area contributed by atoms with E-state index in [9.17, 15) is 0 Å². The molecule has 1 fully saturated rings. The molecule has 0 radical (unpaired) electrons. The molecule has 0 aliphatic carbocycles. The Balaban J connectivity index is 1.83. The Morgan fingerprint density at radius 2 is 0.756 bits per heavy atom. The van der Waals surface area contributed by atoms with E-state index >= 15 is 0 Å². The van der Waals surface area contributed by atoms with Gasteiger partial charge in [0.15, 0.2) is 0 Å². The summed E-state index contributed by atoms with van der Waals surface area (Å²) in [6.07, 6.45) is 49.9. The maximum Gasteiger partial charge on any atom is 0.0510 e. The van der Waals surface area contributed by atoms with Gasteiger partial charge in [0.25, 0.3) is 0 Å². The molecule has 0 amide bonds. The highest BCUT2D eigenvalue weighted by Crippen LogP contribution is 2.18. The molecule has 0 bridgehead atoms. The van der Waals surface area contributed by atoms with Crippen LogP contribution in [0.15, 0.2) is 48.6 Å². The maximum absolute atomic E-state index is 6.09. The Hall–Kier alpha value is -1.16. The van der Waals surface area contributed by atoms with Gasteiger partial charge in [-0.1, -0.05) is 140 Å². The standard InChI is InChI=1S/C42H77NO2/c1-3-5-7-9-11-13-15-17-19-21-23-25-27-29-31-33-35-44-39-41-37-43-38-42(41)40-45-36-34-32-30-28-26-24-22-20-18-16-14-12-10-8-6-4-2/h11-14,17-20,41-43H,3-10,15-16,21-40H2,1-2H3/b13-11-,14-12-,19-17-,20-18-/t41-,42?/m0/s1. The Bertz CT molecular complexity index is 639. The zero-order valence-corrected chi connectivity index (χ0v) is 30.3. The van der Waals surface area contributed by atoms with E-state index < -0.39 is 0 Å². The van der Waals surface area contributed by atoms with Crippen molar-refractivity contribution in [3.8, 4) is 0 Å². The number of unbranched alkanes of at least 4 members (excludes halogenated alkanes) is 18. The molecular weight excluding hydrogens is 550 g/mol. The molecule has 1 aliphatic heterocycles. The van der Waals surface area contributed by atoms with E-state index in [-0.39, 0.29) is 0 Å². The van der Waals surface area contributed by atoms with Crippen molar-refractivity contribution in [2.45, 2.75) is 168 Å². The fraction of sp³-hybridized carbons (Fsp3) is 0.810. The predicted octanol–water partition coefficient (Wildman–Crippen LogP) is 12.5. The van der Waals surface area contributed by atoms with Gasteiger partial charge in [0, 0.05) is 38.1 Å². The molecule has 0 aromatic carbocycles. The lowest BCUT2D eigenvalue weighted by molar-refractivity contribution is 0.0482. The molecular formula is C42H77NO2. The first-order valence-electron chi connectivity index (χ1n) is 19.8. The summed E-state index contributed by atoms with van der Waals surface area (Å²) in [6, 6.07) is 0. The second-order valence-electron chi connectivity index (χ2n) is 13.5. The van der Waals surface area contributed by atoms with E-state index in [0.717, 1.165) is 52.4 Å². The van der Waals surface area contributed by atoms with Gasteiger partial charge in [-0.3, -0.25) is 0 Å². The van der Waals surface area contributed by atoms with Gasteiger partial charge in [0.1, 0.15) is 0 Å². The number of nitrogens with one attached hydrogen (secondary N) is 1. The van der Waals surface area contributed by atoms with Crippen LogP contribution >= 0.6 is 0 Å². The van der Waals surface area contributed by atoms with Gasteiger partial charge in [-0.15, -0.1) is 0 Å². The molecule has 0 aromatic heterocycles. The zero-order valence-electron chi connectivity index (χ0n) is 30.3. The van der Waals surface area contributed by atoms with E-state index in [4.69, 9.17) is 9.47 Å². The normalized spacial score (nSPS) is 17.4. The van der Waals surface area contributed by atoms with Crippen LogP contribution in [-0.4, -0.2) is 39.5 Å². The quantitative estimate of drug-likeness (QED) is 0.0569. The highest BCUT2D eigenvalue weighted by molar-refractivity contribution is 4.93. The molecule has 262 valence electrons. The summed E-state index contributed by atoms with van der Waals surface area (Å²) >= 11 is 0. The van der Waals surface area contributed by atoms with Gasteiger partial charge >= 0.3 is 0 Å². The van der Waals surface area contributed by atoms with Crippen LogP contribution in [0.1, 0.15) is 168 Å². The largest absolute Gasteiger partial charge is 0.381 e. The summed E-state index contributed by atoms with van der Waals surface area (Å²) in [6.45, 7) is 10.3. The molecule has 1 heterocycles. The lowest BCUT2D eigenvalue weighted by Gasteiger charge is -2.18. The van der Waals surface area contributed by atoms with Crippen LogP contribution < -0.4 is 5.32 Å². The third kappa shape index (κ3) is 30.0. The van der Waals surface area contributed by atoms with Gasteiger partial charge in [-0.2, -0.15) is 0 Å². The van der Waals surface area contributed by atoms with Gasteiger partial charge in [0.05, 0.1) is 13.2 Å². The summed E-state index contributed by atoms with van der Waals surface area (Å²) in [5, 5.41) is 3.56. The SMILES string of the molecule is CCCCC/C=C\C/C=C\CCCCCCCCOCC1CNC[C@H]1COCCCCCCCC/C=C\C/C=C\CCCCC. The first-order valence-corrected chi connectivity index (χ1v) is 19.8. The Morgan fingerprint density at radius 3 is 1.13 bits per heavy atom. The molecule has 1 rings (SSSR count). The third-order valence-electron chi connectivity index (χ3n) is 9.12. The minimum Gasteiger partial charge on any atom is -0.381 e. The molecule has 2 atom stereocenters. The van der Waals surface area contributed by atoms with Gasteiger partial charge in [-0.25, -0.2) is 0 Å². The molecule has 45 heavy (non-hydrogen) atoms. The van der Waals surface area contributed by atoms with Crippen LogP contribution in [-0.2, 0) is 9.47 Å². The van der Waals surface area contributed by atoms with Crippen molar-refractivity contribution in [1.82, 2.24) is 5.32 Å². The average molecular weight is 628 g/mol. The second-order valence-corrected chi connectivity index (χ2v) is 13.5. The van der Waals surface area contributed by atoms with E-state index in [0.29, 0.717) is 11.8 Å². The zero-order chi connectivity index (χ0) is 32.1. The van der Waals surface area contributed by atoms with E-state index in [1.54, 1.807) is 0 Å². The van der Waals surface area contributed by atoms with Gasteiger partial charge in [0.2, 0.25) is 0 Å². The van der Waals surface area contributed by atoms with Crippen molar-refractivity contribution >= 4 is 0 Å². The minimum atomic E-state index is 0.616. The Labute approximate surface area is 282 Å². The van der Waals surface area contributed by atoms with Crippen LogP contribution in [0.4, 0.5) is 0 Å². The molecule has 3 heteroatoms. The summed E-state index contributed by atoms with van der Waals surface area (Å²) in [7, 11) is 0. The number of hydrogen-bond acceptors (Lipinski definition) is 3. The summed E-state index contributed by atoms with van der Waals surface area (Å²) in [5.74, 6) is 1.23. The smallest absolute Gasteiger partial charge is 0.0510 e. The second kappa shape index (κ2) is 35.7. The van der Waals surface area contributed by atoms with Crippen molar-refractivity contribution in [2.24, 2.45) is 11.8 Å². The molecule has 3 nitrogen and oxygen atoms in total. The fourth-order valence-electron chi connectivity index (χ4n) is 6.03. The molecule has 1 saturated heterocycles. The van der Waals surface area contributed by atoms with Crippen LogP contribution in [0, 0.1) is 11.8 Å². The lowest BCUT2D eigenvalue weighted by Crippen LogP contribution is -2.23. The number of ether oxygens (including phenoxy) is 2. The maximum atomic E-state index is 6.09. The number of rotatable bonds is 34. The molecule has 1 unspecified atom stereocenters. The van der Waals surface area contributed by atoms with E-state index in [1.165, 1.54) is 141 Å². The molecule has 1 aliphatic rings.